The van der Waals surface area contributed by atoms with E-state index < -0.39 is 5.54 Å². The minimum atomic E-state index is -0.665. The van der Waals surface area contributed by atoms with E-state index in [2.05, 4.69) is 34.1 Å². The van der Waals surface area contributed by atoms with Crippen molar-refractivity contribution in [3.05, 3.63) is 53.6 Å². The second-order valence-electron chi connectivity index (χ2n) is 9.82. The fraction of sp³-hybridized carbons (Fsp3) is 0.444. The first-order chi connectivity index (χ1) is 15.5. The molecular formula is C27H32N2O3. The molecular weight excluding hydrogens is 400 g/mol. The number of aliphatic hydroxyl groups is 1. The third-order valence-electron chi connectivity index (χ3n) is 6.94. The van der Waals surface area contributed by atoms with E-state index >= 15 is 0 Å². The first-order valence-corrected chi connectivity index (χ1v) is 11.8. The molecule has 0 spiro atoms. The number of nitrogens with one attached hydrogen (secondary N) is 1. The zero-order chi connectivity index (χ0) is 22.3. The van der Waals surface area contributed by atoms with E-state index in [9.17, 15) is 9.90 Å². The van der Waals surface area contributed by atoms with Crippen molar-refractivity contribution in [2.45, 2.75) is 64.0 Å². The van der Waals surface area contributed by atoms with Gasteiger partial charge in [-0.15, -0.1) is 0 Å². The first kappa shape index (κ1) is 21.1. The van der Waals surface area contributed by atoms with E-state index in [4.69, 9.17) is 4.74 Å². The highest BCUT2D eigenvalue weighted by Crippen LogP contribution is 2.47. The molecule has 1 aromatic heterocycles. The van der Waals surface area contributed by atoms with Crippen molar-refractivity contribution in [1.82, 2.24) is 9.88 Å². The molecule has 5 heteroatoms. The molecule has 0 unspecified atom stereocenters. The van der Waals surface area contributed by atoms with E-state index in [0.717, 1.165) is 23.4 Å². The molecule has 0 saturated heterocycles. The molecule has 5 nitrogen and oxygen atoms in total. The smallest absolute Gasteiger partial charge is 0.251 e. The van der Waals surface area contributed by atoms with Crippen molar-refractivity contribution in [3.63, 3.8) is 0 Å². The van der Waals surface area contributed by atoms with Gasteiger partial charge >= 0.3 is 0 Å². The molecule has 2 aliphatic rings. The van der Waals surface area contributed by atoms with Crippen LogP contribution in [0, 0.1) is 0 Å². The molecule has 1 aliphatic carbocycles. The molecule has 0 atom stereocenters. The maximum atomic E-state index is 12.9. The molecule has 0 bridgehead atoms. The van der Waals surface area contributed by atoms with Crippen molar-refractivity contribution in [3.8, 4) is 17.0 Å². The van der Waals surface area contributed by atoms with Gasteiger partial charge in [-0.05, 0) is 62.4 Å². The summed E-state index contributed by atoms with van der Waals surface area (Å²) in [6.45, 7) is 4.89. The molecule has 0 radical (unpaired) electrons. The number of amides is 1. The molecule has 168 valence electrons. The molecule has 2 heterocycles. The Morgan fingerprint density at radius 1 is 1.16 bits per heavy atom. The summed E-state index contributed by atoms with van der Waals surface area (Å²) in [4.78, 5) is 12.9. The van der Waals surface area contributed by atoms with Crippen LogP contribution < -0.4 is 10.1 Å². The van der Waals surface area contributed by atoms with Crippen molar-refractivity contribution in [1.29, 1.82) is 0 Å². The van der Waals surface area contributed by atoms with Crippen molar-refractivity contribution in [2.75, 3.05) is 13.2 Å². The standard InChI is InChI=1S/C27H32N2O3/c1-27(2,17-30)28-26(31)19-12-13-20-22(16-19)29-14-15-32-23-11-7-6-10-21(23)25(29)24(20)18-8-4-3-5-9-18/h6-7,10-13,16,18,30H,3-5,8-9,14-15,17H2,1-2H3,(H,28,31). The highest BCUT2D eigenvalue weighted by Gasteiger charge is 2.29. The minimum Gasteiger partial charge on any atom is -0.491 e. The number of benzene rings is 2. The van der Waals surface area contributed by atoms with Crippen molar-refractivity contribution < 1.29 is 14.6 Å². The van der Waals surface area contributed by atoms with Crippen LogP contribution in [0.5, 0.6) is 5.75 Å². The number of hydrogen-bond acceptors (Lipinski definition) is 3. The molecule has 3 aromatic rings. The number of hydrogen-bond donors (Lipinski definition) is 2. The van der Waals surface area contributed by atoms with Gasteiger partial charge in [-0.2, -0.15) is 0 Å². The summed E-state index contributed by atoms with van der Waals surface area (Å²) in [7, 11) is 0. The molecule has 1 aliphatic heterocycles. The van der Waals surface area contributed by atoms with Crippen LogP contribution in [0.15, 0.2) is 42.5 Å². The average molecular weight is 433 g/mol. The summed E-state index contributed by atoms with van der Waals surface area (Å²) in [5.41, 5.74) is 4.87. The lowest BCUT2D eigenvalue weighted by Gasteiger charge is -2.24. The Labute approximate surface area is 189 Å². The zero-order valence-corrected chi connectivity index (χ0v) is 19.0. The third kappa shape index (κ3) is 3.69. The van der Waals surface area contributed by atoms with Gasteiger partial charge < -0.3 is 19.7 Å². The first-order valence-electron chi connectivity index (χ1n) is 11.8. The number of carbonyl (C=O) groups excluding carboxylic acids is 1. The zero-order valence-electron chi connectivity index (χ0n) is 19.0. The molecule has 5 rings (SSSR count). The van der Waals surface area contributed by atoms with Gasteiger partial charge in [0.1, 0.15) is 12.4 Å². The van der Waals surface area contributed by atoms with Crippen LogP contribution >= 0.6 is 0 Å². The summed E-state index contributed by atoms with van der Waals surface area (Å²) < 4.78 is 8.47. The molecule has 1 amide bonds. The fourth-order valence-corrected chi connectivity index (χ4v) is 5.30. The van der Waals surface area contributed by atoms with Gasteiger partial charge in [0.15, 0.2) is 0 Å². The quantitative estimate of drug-likeness (QED) is 0.592. The highest BCUT2D eigenvalue weighted by atomic mass is 16.5. The Morgan fingerprint density at radius 2 is 1.94 bits per heavy atom. The molecule has 1 saturated carbocycles. The number of rotatable bonds is 4. The number of ether oxygens (including phenoxy) is 1. The normalized spacial score (nSPS) is 16.7. The third-order valence-corrected chi connectivity index (χ3v) is 6.94. The Balaban J connectivity index is 1.70. The Morgan fingerprint density at radius 3 is 2.72 bits per heavy atom. The number of para-hydroxylation sites is 1. The Kier molecular flexibility index (Phi) is 5.46. The van der Waals surface area contributed by atoms with E-state index in [-0.39, 0.29) is 12.5 Å². The van der Waals surface area contributed by atoms with Crippen LogP contribution in [0.4, 0.5) is 0 Å². The van der Waals surface area contributed by atoms with E-state index in [1.165, 1.54) is 48.7 Å². The van der Waals surface area contributed by atoms with Gasteiger partial charge in [0.05, 0.1) is 24.4 Å². The number of nitrogens with zero attached hydrogens (tertiary/aromatic N) is 1. The molecule has 1 fully saturated rings. The molecule has 32 heavy (non-hydrogen) atoms. The monoisotopic (exact) mass is 432 g/mol. The van der Waals surface area contributed by atoms with Gasteiger partial charge in [0.25, 0.3) is 5.91 Å². The van der Waals surface area contributed by atoms with Crippen LogP contribution in [-0.2, 0) is 6.54 Å². The summed E-state index contributed by atoms with van der Waals surface area (Å²) in [6, 6.07) is 14.4. The topological polar surface area (TPSA) is 63.5 Å². The summed E-state index contributed by atoms with van der Waals surface area (Å²) in [5.74, 6) is 1.31. The maximum absolute atomic E-state index is 12.9. The van der Waals surface area contributed by atoms with Crippen LogP contribution in [-0.4, -0.2) is 34.3 Å². The maximum Gasteiger partial charge on any atom is 0.251 e. The predicted octanol–water partition coefficient (Wildman–Crippen LogP) is 5.25. The SMILES string of the molecule is CC(C)(CO)NC(=O)c1ccc2c(C3CCCCC3)c3n(c2c1)CCOc1ccccc1-3. The van der Waals surface area contributed by atoms with Crippen LogP contribution in [0.3, 0.4) is 0 Å². The van der Waals surface area contributed by atoms with Crippen LogP contribution in [0.1, 0.15) is 67.8 Å². The van der Waals surface area contributed by atoms with Gasteiger partial charge in [-0.1, -0.05) is 37.5 Å². The second-order valence-corrected chi connectivity index (χ2v) is 9.82. The molecule has 2 aromatic carbocycles. The number of aliphatic hydroxyl groups excluding tert-OH is 1. The summed E-state index contributed by atoms with van der Waals surface area (Å²) in [6.07, 6.45) is 6.27. The molecule has 2 N–H and O–H groups in total. The van der Waals surface area contributed by atoms with Crippen molar-refractivity contribution in [2.24, 2.45) is 0 Å². The van der Waals surface area contributed by atoms with E-state index in [1.807, 2.05) is 32.0 Å². The number of aromatic nitrogens is 1. The lowest BCUT2D eigenvalue weighted by Crippen LogP contribution is -2.46. The largest absolute Gasteiger partial charge is 0.491 e. The average Bonchev–Trinajstić information content (AvgIpc) is 3.00. The predicted molar refractivity (Wildman–Crippen MR) is 127 cm³/mol. The van der Waals surface area contributed by atoms with Gasteiger partial charge in [0, 0.05) is 22.0 Å². The minimum absolute atomic E-state index is 0.110. The fourth-order valence-electron chi connectivity index (χ4n) is 5.30. The summed E-state index contributed by atoms with van der Waals surface area (Å²) in [5, 5.41) is 13.8. The van der Waals surface area contributed by atoms with E-state index in [0.29, 0.717) is 18.1 Å². The van der Waals surface area contributed by atoms with Gasteiger partial charge in [-0.3, -0.25) is 4.79 Å². The lowest BCUT2D eigenvalue weighted by atomic mass is 9.81. The lowest BCUT2D eigenvalue weighted by molar-refractivity contribution is 0.0869. The summed E-state index contributed by atoms with van der Waals surface area (Å²) >= 11 is 0. The van der Waals surface area contributed by atoms with Gasteiger partial charge in [-0.25, -0.2) is 0 Å². The number of carbonyl (C=O) groups is 1. The van der Waals surface area contributed by atoms with Crippen LogP contribution in [0.2, 0.25) is 0 Å². The van der Waals surface area contributed by atoms with E-state index in [1.54, 1.807) is 0 Å². The second kappa shape index (κ2) is 8.28. The Bertz CT molecular complexity index is 1160. The highest BCUT2D eigenvalue weighted by molar-refractivity contribution is 6.01. The number of fused-ring (bicyclic) bond motifs is 5. The van der Waals surface area contributed by atoms with Crippen molar-refractivity contribution >= 4 is 16.8 Å². The Hall–Kier alpha value is -2.79. The van der Waals surface area contributed by atoms with Gasteiger partial charge in [0.2, 0.25) is 0 Å². The van der Waals surface area contributed by atoms with Crippen LogP contribution in [0.25, 0.3) is 22.2 Å².